The van der Waals surface area contributed by atoms with E-state index >= 15 is 0 Å². The van der Waals surface area contributed by atoms with Crippen LogP contribution < -0.4 is 48.7 Å². The van der Waals surface area contributed by atoms with Crippen molar-refractivity contribution in [3.8, 4) is 0 Å². The van der Waals surface area contributed by atoms with Gasteiger partial charge in [0.25, 0.3) is 11.8 Å². The van der Waals surface area contributed by atoms with Gasteiger partial charge < -0.3 is 58.2 Å². The molecule has 11 amide bonds. The molecule has 11 N–H and O–H groups in total. The van der Waals surface area contributed by atoms with Gasteiger partial charge in [0.15, 0.2) is 11.6 Å². The molecule has 4 atom stereocenters. The van der Waals surface area contributed by atoms with Crippen molar-refractivity contribution >= 4 is 111 Å². The van der Waals surface area contributed by atoms with Crippen LogP contribution in [0.2, 0.25) is 0 Å². The number of ether oxygens (including phenoxy) is 2. The summed E-state index contributed by atoms with van der Waals surface area (Å²) in [5.41, 5.74) is 11.8. The molecule has 1 aliphatic heterocycles. The van der Waals surface area contributed by atoms with Crippen LogP contribution in [-0.2, 0) is 86.6 Å². The van der Waals surface area contributed by atoms with Gasteiger partial charge in [0.1, 0.15) is 25.5 Å². The molecule has 0 aromatic heterocycles. The molecule has 0 aliphatic carbocycles. The van der Waals surface area contributed by atoms with E-state index in [1.807, 2.05) is 50.3 Å². The molecule has 526 valence electrons. The molecule has 0 bridgehead atoms. The first-order valence-corrected chi connectivity index (χ1v) is 33.8. The van der Waals surface area contributed by atoms with Crippen LogP contribution in [0.1, 0.15) is 169 Å². The zero-order valence-electron chi connectivity index (χ0n) is 56.8. The zero-order chi connectivity index (χ0) is 71.4. The number of urea groups is 2. The van der Waals surface area contributed by atoms with E-state index < -0.39 is 70.4 Å². The lowest BCUT2D eigenvalue weighted by atomic mass is 9.88. The Morgan fingerprint density at radius 2 is 1.01 bits per heavy atom. The number of nitrogens with one attached hydrogen (secondary N) is 7. The van der Waals surface area contributed by atoms with Gasteiger partial charge in [0.2, 0.25) is 29.5 Å². The summed E-state index contributed by atoms with van der Waals surface area (Å²) in [4.78, 5) is 173. The number of imide groups is 1. The number of hydrogen-bond acceptors (Lipinski definition) is 16. The molecule has 27 heteroatoms. The van der Waals surface area contributed by atoms with E-state index in [1.54, 1.807) is 90.1 Å². The van der Waals surface area contributed by atoms with Gasteiger partial charge in [-0.05, 0) is 134 Å². The van der Waals surface area contributed by atoms with Gasteiger partial charge in [-0.15, -0.1) is 0 Å². The minimum absolute atomic E-state index is 0.0115. The molecule has 0 saturated heterocycles. The summed E-state index contributed by atoms with van der Waals surface area (Å²) < 4.78 is 11.1. The van der Waals surface area contributed by atoms with Crippen molar-refractivity contribution in [1.82, 2.24) is 36.8 Å². The highest BCUT2D eigenvalue weighted by Gasteiger charge is 2.32. The molecular formula is C68H101IN10O16. The van der Waals surface area contributed by atoms with E-state index in [1.165, 1.54) is 0 Å². The predicted octanol–water partition coefficient (Wildman–Crippen LogP) is 6.25. The van der Waals surface area contributed by atoms with Crippen molar-refractivity contribution in [1.29, 1.82) is 0 Å². The van der Waals surface area contributed by atoms with Crippen molar-refractivity contribution in [2.45, 2.75) is 184 Å². The summed E-state index contributed by atoms with van der Waals surface area (Å²) >= 11 is 1.98. The first kappa shape index (κ1) is 83.0. The number of carbonyl (C=O) groups excluding carboxylic acids is 14. The number of halogens is 1. The highest BCUT2D eigenvalue weighted by atomic mass is 127. The number of carbonyl (C=O) groups is 14. The minimum atomic E-state index is -0.857. The summed E-state index contributed by atoms with van der Waals surface area (Å²) in [6, 6.07) is 11.0. The SMILES string of the molecule is CC(C)[C@H](CC(=O)CCCCCNC(=O)CN1C(=O)C=CC1=O)C(=O)N[C@@H](CCCNC(N)=O)C(=O)Cc1ccc(COC(=O)C(C)(C)C)cc1.CC(C)[C@H](NC(=O)CCCCNC(=O)CI)C(=O)C[C@@H](CCCNC(N)=O)C(=O)Nc1ccc(COC(=O)C(C)(C)C)cc1. The predicted molar refractivity (Wildman–Crippen MR) is 365 cm³/mol. The summed E-state index contributed by atoms with van der Waals surface area (Å²) in [7, 11) is 0. The normalized spacial score (nSPS) is 13.3. The van der Waals surface area contributed by atoms with E-state index in [4.69, 9.17) is 20.9 Å². The van der Waals surface area contributed by atoms with Crippen LogP contribution in [0.3, 0.4) is 0 Å². The molecule has 2 aromatic carbocycles. The van der Waals surface area contributed by atoms with Crippen molar-refractivity contribution in [3.63, 3.8) is 0 Å². The Balaban J connectivity index is 0.000000654. The number of primary amides is 2. The summed E-state index contributed by atoms with van der Waals surface area (Å²) in [5, 5.41) is 18.9. The van der Waals surface area contributed by atoms with Crippen molar-refractivity contribution in [2.24, 2.45) is 46.0 Å². The third-order valence-corrected chi connectivity index (χ3v) is 15.7. The van der Waals surface area contributed by atoms with E-state index in [2.05, 4.69) is 37.2 Å². The number of unbranched alkanes of at least 4 members (excludes halogenated alkanes) is 3. The molecule has 95 heavy (non-hydrogen) atoms. The highest BCUT2D eigenvalue weighted by molar-refractivity contribution is 14.1. The first-order valence-electron chi connectivity index (χ1n) is 32.3. The number of rotatable bonds is 41. The quantitative estimate of drug-likeness (QED) is 0.0117. The summed E-state index contributed by atoms with van der Waals surface area (Å²) in [6.45, 7) is 19.1. The number of Topliss-reactive ketones (excluding diaryl/α,β-unsaturated/α-hetero) is 3. The maximum Gasteiger partial charge on any atom is 0.312 e. The Morgan fingerprint density at radius 3 is 1.52 bits per heavy atom. The van der Waals surface area contributed by atoms with Gasteiger partial charge in [-0.25, -0.2) is 9.59 Å². The van der Waals surface area contributed by atoms with Gasteiger partial charge in [0.05, 0.1) is 27.3 Å². The monoisotopic (exact) mass is 1440 g/mol. The molecule has 0 unspecified atom stereocenters. The molecule has 26 nitrogen and oxygen atoms in total. The number of esters is 2. The Morgan fingerprint density at radius 1 is 0.526 bits per heavy atom. The van der Waals surface area contributed by atoms with Crippen LogP contribution in [0.15, 0.2) is 60.7 Å². The number of hydrogen-bond donors (Lipinski definition) is 9. The Bertz CT molecular complexity index is 2940. The van der Waals surface area contributed by atoms with E-state index in [0.29, 0.717) is 80.1 Å². The third-order valence-electron chi connectivity index (χ3n) is 15.0. The average Bonchev–Trinajstić information content (AvgIpc) is 2.03. The first-order chi connectivity index (χ1) is 44.6. The number of nitrogens with two attached hydrogens (primary N) is 2. The largest absolute Gasteiger partial charge is 0.460 e. The number of nitrogens with zero attached hydrogens (tertiary/aromatic N) is 1. The maximum atomic E-state index is 13.5. The molecule has 0 fully saturated rings. The molecular weight excluding hydrogens is 1340 g/mol. The lowest BCUT2D eigenvalue weighted by Gasteiger charge is -2.24. The number of alkyl halides is 1. The van der Waals surface area contributed by atoms with Crippen LogP contribution in [-0.4, -0.2) is 137 Å². The van der Waals surface area contributed by atoms with Gasteiger partial charge >= 0.3 is 24.0 Å². The van der Waals surface area contributed by atoms with E-state index in [-0.39, 0.29) is 130 Å². The van der Waals surface area contributed by atoms with Gasteiger partial charge in [-0.2, -0.15) is 0 Å². The second-order valence-electron chi connectivity index (χ2n) is 26.2. The van der Waals surface area contributed by atoms with Crippen molar-refractivity contribution < 1.29 is 76.6 Å². The number of amides is 11. The Hall–Kier alpha value is -8.11. The summed E-state index contributed by atoms with van der Waals surface area (Å²) in [6.07, 6.45) is 6.99. The summed E-state index contributed by atoms with van der Waals surface area (Å²) in [5.74, 6) is -5.56. The molecule has 2 aromatic rings. The van der Waals surface area contributed by atoms with Gasteiger partial charge in [0, 0.05) is 88.0 Å². The van der Waals surface area contributed by atoms with E-state index in [0.717, 1.165) is 28.2 Å². The molecule has 0 spiro atoms. The van der Waals surface area contributed by atoms with Crippen LogP contribution in [0.4, 0.5) is 15.3 Å². The molecule has 3 rings (SSSR count). The smallest absolute Gasteiger partial charge is 0.312 e. The molecule has 1 heterocycles. The highest BCUT2D eigenvalue weighted by Crippen LogP contribution is 2.23. The fourth-order valence-electron chi connectivity index (χ4n) is 9.27. The van der Waals surface area contributed by atoms with Crippen molar-refractivity contribution in [3.05, 3.63) is 77.4 Å². The zero-order valence-corrected chi connectivity index (χ0v) is 59.0. The fraction of sp³-hybridized carbons (Fsp3) is 0.588. The lowest BCUT2D eigenvalue weighted by molar-refractivity contribution is -0.155. The fourth-order valence-corrected chi connectivity index (χ4v) is 9.54. The second-order valence-corrected chi connectivity index (χ2v) is 26.9. The third kappa shape index (κ3) is 34.7. The molecule has 0 saturated carbocycles. The lowest BCUT2D eigenvalue weighted by Crippen LogP contribution is -2.46. The van der Waals surface area contributed by atoms with Crippen molar-refractivity contribution in [2.75, 3.05) is 42.5 Å². The van der Waals surface area contributed by atoms with Crippen LogP contribution in [0.25, 0.3) is 0 Å². The minimum Gasteiger partial charge on any atom is -0.460 e. The van der Waals surface area contributed by atoms with Crippen LogP contribution in [0, 0.1) is 34.5 Å². The Kier molecular flexibility index (Phi) is 37.6. The number of anilines is 1. The number of benzene rings is 2. The maximum absolute atomic E-state index is 13.5. The average molecular weight is 1440 g/mol. The Labute approximate surface area is 571 Å². The molecule has 0 radical (unpaired) electrons. The van der Waals surface area contributed by atoms with Crippen LogP contribution in [0.5, 0.6) is 0 Å². The van der Waals surface area contributed by atoms with Gasteiger partial charge in [-0.3, -0.25) is 62.4 Å². The van der Waals surface area contributed by atoms with Gasteiger partial charge in [-0.1, -0.05) is 93.1 Å². The molecule has 1 aliphatic rings. The van der Waals surface area contributed by atoms with E-state index in [9.17, 15) is 67.1 Å². The van der Waals surface area contributed by atoms with Crippen LogP contribution >= 0.6 is 22.6 Å². The standard InChI is InChI=1S/C37H53N5O9.C31H48IN5O7/c1-24(2)28(21-27(43)10-7-6-8-18-39-31(45)22-42-32(46)16-17-33(42)47)34(48)41-29(11-9-19-40-36(38)50)30(44)20-25-12-14-26(15-13-25)23-51-35(49)37(3,4)5;1-20(2)27(37-25(39)10-6-7-15-34-26(40)18-32)24(38)17-22(9-8-16-35-30(33)43)28(41)36-23-13-11-21(12-14-23)19-44-29(42)31(3,4)5/h12-17,24,28-29H,6-11,18-23H2,1-5H3,(H,39,45)(H,41,48)(H3,38,40,50);11-14,20,22,27H,6-10,15-19H2,1-5H3,(H,34,40)(H,36,41)(H,37,39)(H3,33,35,43)/t28-,29-;22-,27+/m01/s1. The number of ketones is 3. The topological polar surface area (TPSA) is 397 Å². The second kappa shape index (κ2) is 43.1.